The highest BCUT2D eigenvalue weighted by Crippen LogP contribution is 2.36. The van der Waals surface area contributed by atoms with Gasteiger partial charge < -0.3 is 15.3 Å². The van der Waals surface area contributed by atoms with Crippen molar-refractivity contribution in [2.45, 2.75) is 39.2 Å². The first kappa shape index (κ1) is 17.7. The van der Waals surface area contributed by atoms with Gasteiger partial charge in [-0.3, -0.25) is 9.69 Å². The number of fused-ring (bicyclic) bond motifs is 1. The average Bonchev–Trinajstić information content (AvgIpc) is 2.65. The number of rotatable bonds is 3. The van der Waals surface area contributed by atoms with Gasteiger partial charge in [-0.25, -0.2) is 4.79 Å². The fourth-order valence-electron chi connectivity index (χ4n) is 3.76. The zero-order chi connectivity index (χ0) is 18.0. The molecule has 2 N–H and O–H groups in total. The van der Waals surface area contributed by atoms with Crippen LogP contribution in [0.1, 0.15) is 33.1 Å². The smallest absolute Gasteiger partial charge is 0.325 e. The molecular formula is C19H27N3O3. The molecule has 1 saturated heterocycles. The molecule has 0 radical (unpaired) electrons. The monoisotopic (exact) mass is 345 g/mol. The van der Waals surface area contributed by atoms with Crippen molar-refractivity contribution in [3.05, 3.63) is 24.3 Å². The van der Waals surface area contributed by atoms with E-state index in [2.05, 4.69) is 5.32 Å². The lowest BCUT2D eigenvalue weighted by Gasteiger charge is -2.43. The van der Waals surface area contributed by atoms with Crippen LogP contribution in [0, 0.1) is 11.8 Å². The molecule has 1 aromatic rings. The minimum Gasteiger partial charge on any atom is -0.396 e. The Hall–Kier alpha value is -2.08. The molecule has 0 aromatic heterocycles. The summed E-state index contributed by atoms with van der Waals surface area (Å²) in [6.07, 6.45) is 2.63. The van der Waals surface area contributed by atoms with Crippen LogP contribution in [0.25, 0.3) is 0 Å². The molecule has 25 heavy (non-hydrogen) atoms. The molecule has 3 unspecified atom stereocenters. The lowest BCUT2D eigenvalue weighted by molar-refractivity contribution is -0.118. The fraction of sp³-hybridized carbons (Fsp3) is 0.579. The third kappa shape index (κ3) is 3.35. The van der Waals surface area contributed by atoms with Crippen molar-refractivity contribution in [2.24, 2.45) is 11.8 Å². The Bertz CT molecular complexity index is 649. The number of nitrogens with one attached hydrogen (secondary N) is 1. The van der Waals surface area contributed by atoms with E-state index in [9.17, 15) is 14.7 Å². The Balaban J connectivity index is 1.96. The van der Waals surface area contributed by atoms with E-state index in [0.717, 1.165) is 24.9 Å². The maximum absolute atomic E-state index is 13.3. The molecule has 0 aliphatic carbocycles. The maximum Gasteiger partial charge on any atom is 0.325 e. The highest BCUT2D eigenvalue weighted by molar-refractivity contribution is 6.11. The topological polar surface area (TPSA) is 72.9 Å². The number of hydrogen-bond acceptors (Lipinski definition) is 3. The summed E-state index contributed by atoms with van der Waals surface area (Å²) in [6.45, 7) is 5.34. The molecule has 2 heterocycles. The summed E-state index contributed by atoms with van der Waals surface area (Å²) in [5.74, 6) is 0.0430. The van der Waals surface area contributed by atoms with Crippen LogP contribution in [-0.4, -0.2) is 47.7 Å². The number of benzene rings is 1. The predicted octanol–water partition coefficient (Wildman–Crippen LogP) is 2.68. The second-order valence-electron chi connectivity index (χ2n) is 7.13. The van der Waals surface area contributed by atoms with Crippen LogP contribution in [0.4, 0.5) is 16.2 Å². The Morgan fingerprint density at radius 3 is 2.88 bits per heavy atom. The summed E-state index contributed by atoms with van der Waals surface area (Å²) in [6, 6.07) is 6.81. The zero-order valence-electron chi connectivity index (χ0n) is 14.9. The number of carbonyl (C=O) groups excluding carboxylic acids is 2. The van der Waals surface area contributed by atoms with E-state index < -0.39 is 6.04 Å². The van der Waals surface area contributed by atoms with Gasteiger partial charge in [-0.15, -0.1) is 0 Å². The quantitative estimate of drug-likeness (QED) is 0.885. The number of nitrogens with zero attached hydrogens (tertiary/aromatic N) is 2. The highest BCUT2D eigenvalue weighted by atomic mass is 16.3. The molecule has 3 atom stereocenters. The highest BCUT2D eigenvalue weighted by Gasteiger charge is 2.41. The average molecular weight is 345 g/mol. The number of carbonyl (C=O) groups is 2. The number of anilines is 2. The number of urea groups is 1. The third-order valence-electron chi connectivity index (χ3n) is 5.40. The second kappa shape index (κ2) is 7.44. The molecule has 6 heteroatoms. The Morgan fingerprint density at radius 1 is 1.40 bits per heavy atom. The van der Waals surface area contributed by atoms with Crippen LogP contribution < -0.4 is 10.2 Å². The van der Waals surface area contributed by atoms with Crippen LogP contribution in [0.5, 0.6) is 0 Å². The maximum atomic E-state index is 13.3. The summed E-state index contributed by atoms with van der Waals surface area (Å²) in [7, 11) is 0. The number of hydrogen-bond donors (Lipinski definition) is 2. The zero-order valence-corrected chi connectivity index (χ0v) is 14.9. The molecule has 1 aromatic carbocycles. The molecule has 136 valence electrons. The van der Waals surface area contributed by atoms with Gasteiger partial charge in [0.15, 0.2) is 0 Å². The molecule has 2 aliphatic rings. The first-order valence-electron chi connectivity index (χ1n) is 9.15. The largest absolute Gasteiger partial charge is 0.396 e. The lowest BCUT2D eigenvalue weighted by atomic mass is 9.93. The molecule has 1 fully saturated rings. The predicted molar refractivity (Wildman–Crippen MR) is 97.6 cm³/mol. The standard InChI is InChI=1S/C19H27N3O3/c1-3-13(2)17-18(24)20-15-8-4-5-9-16(15)22(17)19(25)21-10-6-7-14(11-21)12-23/h4-5,8-9,13-14,17,23H,3,6-7,10-12H2,1-2H3,(H,20,24). The fourth-order valence-corrected chi connectivity index (χ4v) is 3.76. The van der Waals surface area contributed by atoms with Crippen molar-refractivity contribution in [3.8, 4) is 0 Å². The number of amides is 3. The van der Waals surface area contributed by atoms with Crippen molar-refractivity contribution >= 4 is 23.3 Å². The van der Waals surface area contributed by atoms with E-state index >= 15 is 0 Å². The van der Waals surface area contributed by atoms with Gasteiger partial charge in [-0.1, -0.05) is 32.4 Å². The van der Waals surface area contributed by atoms with Crippen LogP contribution in [0.15, 0.2) is 24.3 Å². The SMILES string of the molecule is CCC(C)C1C(=O)Nc2ccccc2N1C(=O)N1CCCC(CO)C1. The second-order valence-corrected chi connectivity index (χ2v) is 7.13. The number of aliphatic hydroxyl groups excluding tert-OH is 1. The minimum atomic E-state index is -0.512. The van der Waals surface area contributed by atoms with E-state index in [1.54, 1.807) is 9.80 Å². The minimum absolute atomic E-state index is 0.0516. The van der Waals surface area contributed by atoms with Crippen LogP contribution in [-0.2, 0) is 4.79 Å². The molecule has 0 bridgehead atoms. The Morgan fingerprint density at radius 2 is 2.16 bits per heavy atom. The van der Waals surface area contributed by atoms with Crippen molar-refractivity contribution in [3.63, 3.8) is 0 Å². The van der Waals surface area contributed by atoms with Crippen molar-refractivity contribution in [1.29, 1.82) is 0 Å². The number of likely N-dealkylation sites (tertiary alicyclic amines) is 1. The van der Waals surface area contributed by atoms with Gasteiger partial charge in [0.25, 0.3) is 0 Å². The van der Waals surface area contributed by atoms with E-state index in [4.69, 9.17) is 0 Å². The summed E-state index contributed by atoms with van der Waals surface area (Å²) < 4.78 is 0. The molecule has 3 rings (SSSR count). The summed E-state index contributed by atoms with van der Waals surface area (Å²) in [5, 5.41) is 12.4. The van der Waals surface area contributed by atoms with E-state index in [0.29, 0.717) is 18.8 Å². The van der Waals surface area contributed by atoms with Crippen LogP contribution in [0.2, 0.25) is 0 Å². The van der Waals surface area contributed by atoms with Crippen molar-refractivity contribution in [1.82, 2.24) is 4.90 Å². The van der Waals surface area contributed by atoms with Gasteiger partial charge in [0.05, 0.1) is 11.4 Å². The third-order valence-corrected chi connectivity index (χ3v) is 5.40. The van der Waals surface area contributed by atoms with Gasteiger partial charge in [-0.2, -0.15) is 0 Å². The molecule has 0 saturated carbocycles. The van der Waals surface area contributed by atoms with Gasteiger partial charge in [0.1, 0.15) is 6.04 Å². The number of piperidine rings is 1. The summed E-state index contributed by atoms with van der Waals surface area (Å²) in [5.41, 5.74) is 1.43. The van der Waals surface area contributed by atoms with E-state index in [1.807, 2.05) is 38.1 Å². The summed E-state index contributed by atoms with van der Waals surface area (Å²) >= 11 is 0. The summed E-state index contributed by atoms with van der Waals surface area (Å²) in [4.78, 5) is 29.5. The number of aliphatic hydroxyl groups is 1. The lowest BCUT2D eigenvalue weighted by Crippen LogP contribution is -2.59. The molecule has 2 aliphatic heterocycles. The normalized spacial score (nSPS) is 24.5. The van der Waals surface area contributed by atoms with Gasteiger partial charge in [0.2, 0.25) is 5.91 Å². The Labute approximate surface area is 148 Å². The van der Waals surface area contributed by atoms with E-state index in [1.165, 1.54) is 0 Å². The molecule has 3 amide bonds. The van der Waals surface area contributed by atoms with Crippen molar-refractivity contribution < 1.29 is 14.7 Å². The van der Waals surface area contributed by atoms with E-state index in [-0.39, 0.29) is 30.4 Å². The first-order valence-corrected chi connectivity index (χ1v) is 9.15. The van der Waals surface area contributed by atoms with Gasteiger partial charge >= 0.3 is 6.03 Å². The van der Waals surface area contributed by atoms with Gasteiger partial charge in [-0.05, 0) is 36.8 Å². The molecule has 0 spiro atoms. The van der Waals surface area contributed by atoms with Crippen molar-refractivity contribution in [2.75, 3.05) is 29.9 Å². The molecular weight excluding hydrogens is 318 g/mol. The number of para-hydroxylation sites is 2. The Kier molecular flexibility index (Phi) is 5.27. The van der Waals surface area contributed by atoms with Crippen LogP contribution in [0.3, 0.4) is 0 Å². The van der Waals surface area contributed by atoms with Gasteiger partial charge in [0, 0.05) is 19.7 Å². The molecule has 6 nitrogen and oxygen atoms in total. The van der Waals surface area contributed by atoms with Crippen LogP contribution >= 0.6 is 0 Å². The first-order chi connectivity index (χ1) is 12.1.